The number of halogens is 1. The summed E-state index contributed by atoms with van der Waals surface area (Å²) in [5.74, 6) is -0.227. The molecule has 3 aliphatic heterocycles. The van der Waals surface area contributed by atoms with Crippen LogP contribution < -0.4 is 5.32 Å². The molecule has 3 aromatic rings. The van der Waals surface area contributed by atoms with E-state index in [9.17, 15) is 4.39 Å². The first-order chi connectivity index (χ1) is 16.3. The fourth-order valence-electron chi connectivity index (χ4n) is 4.66. The van der Waals surface area contributed by atoms with Crippen molar-refractivity contribution in [3.05, 3.63) is 130 Å². The minimum atomic E-state index is -0.227. The van der Waals surface area contributed by atoms with Gasteiger partial charge in [-0.25, -0.2) is 9.38 Å². The average molecular weight is 452 g/mol. The van der Waals surface area contributed by atoms with Crippen LogP contribution in [0, 0.1) is 5.82 Å². The summed E-state index contributed by atoms with van der Waals surface area (Å²) in [4.78, 5) is 7.47. The molecular weight excluding hydrogens is 429 g/mol. The Morgan fingerprint density at radius 3 is 2.39 bits per heavy atom. The lowest BCUT2D eigenvalue weighted by Crippen LogP contribution is -2.40. The molecule has 1 atom stereocenters. The third-order valence-corrected chi connectivity index (χ3v) is 7.01. The van der Waals surface area contributed by atoms with Crippen LogP contribution in [0.25, 0.3) is 11.8 Å². The van der Waals surface area contributed by atoms with Crippen molar-refractivity contribution < 1.29 is 4.39 Å². The Balaban J connectivity index is 1.49. The van der Waals surface area contributed by atoms with Gasteiger partial charge in [-0.3, -0.25) is 0 Å². The van der Waals surface area contributed by atoms with Crippen molar-refractivity contribution in [2.24, 2.45) is 4.99 Å². The van der Waals surface area contributed by atoms with Crippen LogP contribution in [-0.2, 0) is 0 Å². The second-order valence-electron chi connectivity index (χ2n) is 8.26. The molecule has 3 aliphatic rings. The van der Waals surface area contributed by atoms with Gasteiger partial charge in [-0.2, -0.15) is 0 Å². The maximum Gasteiger partial charge on any atom is 0.174 e. The molecule has 0 radical (unpaired) electrons. The average Bonchev–Trinajstić information content (AvgIpc) is 3.28. The summed E-state index contributed by atoms with van der Waals surface area (Å²) in [6, 6.07) is 27.7. The summed E-state index contributed by atoms with van der Waals surface area (Å²) in [5, 5.41) is 6.69. The molecule has 6 rings (SSSR count). The summed E-state index contributed by atoms with van der Waals surface area (Å²) in [6.07, 6.45) is 2.23. The normalized spacial score (nSPS) is 20.9. The van der Waals surface area contributed by atoms with E-state index in [1.807, 2.05) is 24.3 Å². The fourth-order valence-corrected chi connectivity index (χ4v) is 5.59. The van der Waals surface area contributed by atoms with Crippen molar-refractivity contribution in [2.45, 2.75) is 6.04 Å². The summed E-state index contributed by atoms with van der Waals surface area (Å²) < 4.78 is 13.6. The third-order valence-electron chi connectivity index (χ3n) is 6.17. The number of nitrogens with one attached hydrogen (secondary N) is 1. The second kappa shape index (κ2) is 8.50. The number of nitrogens with zero attached hydrogens (tertiary/aromatic N) is 2. The number of benzene rings is 3. The summed E-state index contributed by atoms with van der Waals surface area (Å²) in [7, 11) is 0. The molecule has 0 saturated carbocycles. The maximum atomic E-state index is 13.6. The highest BCUT2D eigenvalue weighted by molar-refractivity contribution is 8.16. The lowest BCUT2D eigenvalue weighted by molar-refractivity contribution is 0.462. The standard InChI is InChI=1S/C28H22FN3S/c29-23-13-11-20(12-14-23)25-18-33-28-31-26-22(15-19-7-3-1-4-8-19)16-30-17-24(26)27(32(25)28)21-9-5-2-6-10-21/h1-15,18,27,30H,16-17H2/b22-15+. The highest BCUT2D eigenvalue weighted by Crippen LogP contribution is 2.48. The molecule has 5 heteroatoms. The van der Waals surface area contributed by atoms with Crippen LogP contribution in [0.1, 0.15) is 22.7 Å². The van der Waals surface area contributed by atoms with E-state index in [2.05, 4.69) is 70.2 Å². The number of rotatable bonds is 3. The van der Waals surface area contributed by atoms with E-state index in [0.717, 1.165) is 35.2 Å². The van der Waals surface area contributed by atoms with Gasteiger partial charge in [-0.1, -0.05) is 72.4 Å². The quantitative estimate of drug-likeness (QED) is 0.512. The van der Waals surface area contributed by atoms with Crippen molar-refractivity contribution in [3.8, 4) is 0 Å². The first-order valence-corrected chi connectivity index (χ1v) is 11.9. The van der Waals surface area contributed by atoms with Gasteiger partial charge < -0.3 is 10.2 Å². The first kappa shape index (κ1) is 20.2. The molecule has 0 fully saturated rings. The predicted molar refractivity (Wildman–Crippen MR) is 135 cm³/mol. The van der Waals surface area contributed by atoms with Crippen LogP contribution in [0.2, 0.25) is 0 Å². The topological polar surface area (TPSA) is 27.6 Å². The molecular formula is C28H22FN3S. The molecule has 33 heavy (non-hydrogen) atoms. The van der Waals surface area contributed by atoms with Crippen LogP contribution in [0.3, 0.4) is 0 Å². The Kier molecular flexibility index (Phi) is 5.21. The molecule has 0 spiro atoms. The first-order valence-electron chi connectivity index (χ1n) is 11.0. The highest BCUT2D eigenvalue weighted by Gasteiger charge is 2.40. The van der Waals surface area contributed by atoms with E-state index in [0.29, 0.717) is 0 Å². The Morgan fingerprint density at radius 1 is 0.909 bits per heavy atom. The largest absolute Gasteiger partial charge is 0.309 e. The fraction of sp³-hybridized carbons (Fsp3) is 0.107. The van der Waals surface area contributed by atoms with E-state index >= 15 is 0 Å². The Morgan fingerprint density at radius 2 is 1.64 bits per heavy atom. The number of thioether (sulfide) groups is 1. The molecule has 3 heterocycles. The number of hydrogen-bond donors (Lipinski definition) is 1. The van der Waals surface area contributed by atoms with Gasteiger partial charge in [-0.15, -0.1) is 0 Å². The summed E-state index contributed by atoms with van der Waals surface area (Å²) in [5.41, 5.74) is 7.97. The molecule has 0 saturated heterocycles. The van der Waals surface area contributed by atoms with Crippen LogP contribution in [0.4, 0.5) is 4.39 Å². The molecule has 3 aromatic carbocycles. The molecule has 162 valence electrons. The van der Waals surface area contributed by atoms with E-state index < -0.39 is 0 Å². The van der Waals surface area contributed by atoms with E-state index in [4.69, 9.17) is 4.99 Å². The highest BCUT2D eigenvalue weighted by atomic mass is 32.2. The van der Waals surface area contributed by atoms with Crippen LogP contribution in [-0.4, -0.2) is 23.2 Å². The van der Waals surface area contributed by atoms with Crippen molar-refractivity contribution in [2.75, 3.05) is 13.1 Å². The third kappa shape index (κ3) is 3.73. The minimum Gasteiger partial charge on any atom is -0.309 e. The molecule has 0 amide bonds. The zero-order valence-corrected chi connectivity index (χ0v) is 18.7. The Hall–Kier alpha value is -3.41. The van der Waals surface area contributed by atoms with E-state index in [-0.39, 0.29) is 11.9 Å². The van der Waals surface area contributed by atoms with Gasteiger partial charge >= 0.3 is 0 Å². The van der Waals surface area contributed by atoms with Gasteiger partial charge in [0.1, 0.15) is 5.82 Å². The van der Waals surface area contributed by atoms with E-state index in [1.54, 1.807) is 11.8 Å². The Labute approximate surface area is 197 Å². The van der Waals surface area contributed by atoms with Crippen molar-refractivity contribution >= 4 is 28.7 Å². The number of hydrogen-bond acceptors (Lipinski definition) is 4. The van der Waals surface area contributed by atoms with E-state index in [1.165, 1.54) is 34.4 Å². The lowest BCUT2D eigenvalue weighted by Gasteiger charge is -2.40. The second-order valence-corrected chi connectivity index (χ2v) is 9.10. The number of aliphatic imine (C=N–C) groups is 1. The predicted octanol–water partition coefficient (Wildman–Crippen LogP) is 6.22. The zero-order valence-electron chi connectivity index (χ0n) is 17.9. The van der Waals surface area contributed by atoms with Crippen molar-refractivity contribution in [1.29, 1.82) is 0 Å². The summed E-state index contributed by atoms with van der Waals surface area (Å²) in [6.45, 7) is 1.56. The van der Waals surface area contributed by atoms with Gasteiger partial charge in [0.2, 0.25) is 0 Å². The summed E-state index contributed by atoms with van der Waals surface area (Å²) >= 11 is 1.63. The monoisotopic (exact) mass is 451 g/mol. The van der Waals surface area contributed by atoms with Gasteiger partial charge in [-0.05, 0) is 58.2 Å². The van der Waals surface area contributed by atoms with Crippen LogP contribution in [0.15, 0.2) is 112 Å². The van der Waals surface area contributed by atoms with Gasteiger partial charge in [0.25, 0.3) is 0 Å². The van der Waals surface area contributed by atoms with Gasteiger partial charge in [0.15, 0.2) is 5.17 Å². The SMILES string of the molecule is Fc1ccc(C2=CSC3=NC4=C(CNC/C4=C\c4ccccc4)C(c4ccccc4)N23)cc1. The zero-order chi connectivity index (χ0) is 22.2. The van der Waals surface area contributed by atoms with Gasteiger partial charge in [0, 0.05) is 18.5 Å². The van der Waals surface area contributed by atoms with Crippen LogP contribution in [0.5, 0.6) is 0 Å². The minimum absolute atomic E-state index is 0.0203. The Bertz CT molecular complexity index is 1310. The van der Waals surface area contributed by atoms with Gasteiger partial charge in [0.05, 0.1) is 17.4 Å². The molecule has 0 aromatic heterocycles. The number of amidine groups is 1. The molecule has 0 bridgehead atoms. The van der Waals surface area contributed by atoms with Crippen molar-refractivity contribution in [1.82, 2.24) is 10.2 Å². The number of fused-ring (bicyclic) bond motifs is 1. The lowest BCUT2D eigenvalue weighted by atomic mass is 9.88. The molecule has 0 aliphatic carbocycles. The smallest absolute Gasteiger partial charge is 0.174 e. The molecule has 1 unspecified atom stereocenters. The maximum absolute atomic E-state index is 13.6. The molecule has 1 N–H and O–H groups in total. The molecule has 3 nitrogen and oxygen atoms in total. The van der Waals surface area contributed by atoms with Crippen molar-refractivity contribution in [3.63, 3.8) is 0 Å². The van der Waals surface area contributed by atoms with Crippen LogP contribution >= 0.6 is 11.8 Å².